The van der Waals surface area contributed by atoms with Crippen LogP contribution in [0.4, 0.5) is 0 Å². The fourth-order valence-electron chi connectivity index (χ4n) is 4.41. The van der Waals surface area contributed by atoms with Crippen LogP contribution in [0.5, 0.6) is 5.75 Å². The second-order valence-electron chi connectivity index (χ2n) is 8.24. The van der Waals surface area contributed by atoms with E-state index in [-0.39, 0.29) is 16.7 Å². The lowest BCUT2D eigenvalue weighted by Crippen LogP contribution is -2.43. The zero-order valence-corrected chi connectivity index (χ0v) is 15.5. The van der Waals surface area contributed by atoms with Crippen molar-refractivity contribution in [3.05, 3.63) is 64.7 Å². The predicted molar refractivity (Wildman–Crippen MR) is 102 cm³/mol. The molecule has 1 spiro atoms. The number of hydrogen-bond donors (Lipinski definition) is 0. The Kier molecular flexibility index (Phi) is 3.40. The molecule has 27 heavy (non-hydrogen) atoms. The third kappa shape index (κ3) is 2.53. The van der Waals surface area contributed by atoms with Crippen LogP contribution in [-0.2, 0) is 17.4 Å². The zero-order chi connectivity index (χ0) is 18.6. The van der Waals surface area contributed by atoms with Gasteiger partial charge in [-0.05, 0) is 60.6 Å². The summed E-state index contributed by atoms with van der Waals surface area (Å²) in [6, 6.07) is 16.5. The Morgan fingerprint density at radius 2 is 1.85 bits per heavy atom. The molecule has 2 fully saturated rings. The number of hydrogen-bond acceptors (Lipinski definition) is 3. The topological polar surface area (TPSA) is 53.3 Å². The number of rotatable bonds is 4. The van der Waals surface area contributed by atoms with Crippen molar-refractivity contribution < 1.29 is 9.53 Å². The number of nitrogens with zero attached hydrogens (tertiary/aromatic N) is 2. The van der Waals surface area contributed by atoms with E-state index in [9.17, 15) is 10.1 Å². The SMILES string of the molecule is COc1ccc(CN2CC3(CC3)c3cc(C4(C#N)CC4)ccc3C2=O)cc1. The summed E-state index contributed by atoms with van der Waals surface area (Å²) in [6.07, 6.45) is 4.12. The summed E-state index contributed by atoms with van der Waals surface area (Å²) in [5.41, 5.74) is 4.01. The predicted octanol–water partition coefficient (Wildman–Crippen LogP) is 3.94. The van der Waals surface area contributed by atoms with Crippen LogP contribution in [0.25, 0.3) is 0 Å². The molecule has 5 rings (SSSR count). The van der Waals surface area contributed by atoms with Crippen LogP contribution >= 0.6 is 0 Å². The normalized spacial score (nSPS) is 20.7. The number of carbonyl (C=O) groups excluding carboxylic acids is 1. The van der Waals surface area contributed by atoms with E-state index in [0.29, 0.717) is 6.54 Å². The first kappa shape index (κ1) is 16.4. The van der Waals surface area contributed by atoms with E-state index in [0.717, 1.165) is 54.7 Å². The molecule has 1 aliphatic heterocycles. The molecule has 3 aliphatic rings. The average molecular weight is 358 g/mol. The number of carbonyl (C=O) groups is 1. The second-order valence-corrected chi connectivity index (χ2v) is 8.24. The Balaban J connectivity index is 1.46. The van der Waals surface area contributed by atoms with Crippen molar-refractivity contribution in [1.82, 2.24) is 4.90 Å². The average Bonchev–Trinajstić information content (AvgIpc) is 3.62. The Bertz CT molecular complexity index is 963. The van der Waals surface area contributed by atoms with Gasteiger partial charge >= 0.3 is 0 Å². The summed E-state index contributed by atoms with van der Waals surface area (Å²) in [5, 5.41) is 9.52. The molecule has 1 heterocycles. The number of nitriles is 1. The monoisotopic (exact) mass is 358 g/mol. The number of amides is 1. The molecular formula is C23H22N2O2. The summed E-state index contributed by atoms with van der Waals surface area (Å²) in [7, 11) is 1.66. The van der Waals surface area contributed by atoms with Gasteiger partial charge in [0.25, 0.3) is 5.91 Å². The molecule has 0 saturated heterocycles. The van der Waals surface area contributed by atoms with E-state index in [2.05, 4.69) is 12.1 Å². The van der Waals surface area contributed by atoms with Gasteiger partial charge in [-0.3, -0.25) is 4.79 Å². The molecule has 0 atom stereocenters. The van der Waals surface area contributed by atoms with Crippen LogP contribution in [0.1, 0.15) is 52.7 Å². The smallest absolute Gasteiger partial charge is 0.254 e. The van der Waals surface area contributed by atoms with E-state index in [1.165, 1.54) is 5.56 Å². The fourth-order valence-corrected chi connectivity index (χ4v) is 4.41. The lowest BCUT2D eigenvalue weighted by molar-refractivity contribution is 0.0698. The molecule has 4 nitrogen and oxygen atoms in total. The minimum absolute atomic E-state index is 0.0945. The summed E-state index contributed by atoms with van der Waals surface area (Å²) in [6.45, 7) is 1.39. The molecule has 0 radical (unpaired) electrons. The molecule has 0 bridgehead atoms. The molecule has 2 aromatic rings. The lowest BCUT2D eigenvalue weighted by atomic mass is 9.82. The van der Waals surface area contributed by atoms with Crippen LogP contribution in [-0.4, -0.2) is 24.5 Å². The van der Waals surface area contributed by atoms with Gasteiger partial charge in [0.15, 0.2) is 0 Å². The van der Waals surface area contributed by atoms with Crippen LogP contribution in [0, 0.1) is 11.3 Å². The largest absolute Gasteiger partial charge is 0.497 e. The molecule has 2 aliphatic carbocycles. The molecule has 0 unspecified atom stereocenters. The van der Waals surface area contributed by atoms with Crippen LogP contribution < -0.4 is 4.74 Å². The van der Waals surface area contributed by atoms with E-state index < -0.39 is 0 Å². The lowest BCUT2D eigenvalue weighted by Gasteiger charge is -2.35. The van der Waals surface area contributed by atoms with Gasteiger partial charge in [-0.25, -0.2) is 0 Å². The van der Waals surface area contributed by atoms with Gasteiger partial charge in [-0.2, -0.15) is 5.26 Å². The van der Waals surface area contributed by atoms with Crippen LogP contribution in [0.15, 0.2) is 42.5 Å². The highest BCUT2D eigenvalue weighted by atomic mass is 16.5. The van der Waals surface area contributed by atoms with E-state index >= 15 is 0 Å². The maximum atomic E-state index is 13.1. The summed E-state index contributed by atoms with van der Waals surface area (Å²) < 4.78 is 5.22. The highest BCUT2D eigenvalue weighted by molar-refractivity contribution is 5.98. The Morgan fingerprint density at radius 3 is 2.44 bits per heavy atom. The second kappa shape index (κ2) is 5.60. The van der Waals surface area contributed by atoms with Crippen molar-refractivity contribution in [3.63, 3.8) is 0 Å². The minimum Gasteiger partial charge on any atom is -0.497 e. The third-order valence-corrected chi connectivity index (χ3v) is 6.50. The maximum Gasteiger partial charge on any atom is 0.254 e. The first-order chi connectivity index (χ1) is 13.1. The van der Waals surface area contributed by atoms with Crippen molar-refractivity contribution in [1.29, 1.82) is 5.26 Å². The first-order valence-electron chi connectivity index (χ1n) is 9.58. The molecule has 2 aromatic carbocycles. The van der Waals surface area contributed by atoms with Crippen LogP contribution in [0.3, 0.4) is 0 Å². The van der Waals surface area contributed by atoms with E-state index in [4.69, 9.17) is 4.74 Å². The van der Waals surface area contributed by atoms with Gasteiger partial charge in [0.1, 0.15) is 5.75 Å². The van der Waals surface area contributed by atoms with Crippen molar-refractivity contribution in [2.75, 3.05) is 13.7 Å². The standard InChI is InChI=1S/C23H22N2O2/c1-27-18-5-2-16(3-6-18)13-25-15-23(10-11-23)20-12-17(22(14-24)8-9-22)4-7-19(20)21(25)26/h2-7,12H,8-11,13,15H2,1H3. The van der Waals surface area contributed by atoms with E-state index in [1.807, 2.05) is 41.3 Å². The summed E-state index contributed by atoms with van der Waals surface area (Å²) >= 11 is 0. The number of benzene rings is 2. The fraction of sp³-hybridized carbons (Fsp3) is 0.391. The highest BCUT2D eigenvalue weighted by Crippen LogP contribution is 2.55. The minimum atomic E-state index is -0.297. The van der Waals surface area contributed by atoms with Gasteiger partial charge < -0.3 is 9.64 Å². The Labute approximate surface area is 159 Å². The zero-order valence-electron chi connectivity index (χ0n) is 15.5. The van der Waals surface area contributed by atoms with Crippen molar-refractivity contribution in [2.24, 2.45) is 0 Å². The number of fused-ring (bicyclic) bond motifs is 2. The Morgan fingerprint density at radius 1 is 1.11 bits per heavy atom. The third-order valence-electron chi connectivity index (χ3n) is 6.50. The van der Waals surface area contributed by atoms with Gasteiger partial charge in [0, 0.05) is 24.1 Å². The highest BCUT2D eigenvalue weighted by Gasteiger charge is 2.53. The molecule has 4 heteroatoms. The van der Waals surface area contributed by atoms with Crippen LogP contribution in [0.2, 0.25) is 0 Å². The van der Waals surface area contributed by atoms with E-state index in [1.54, 1.807) is 7.11 Å². The van der Waals surface area contributed by atoms with Gasteiger partial charge in [-0.15, -0.1) is 0 Å². The number of methoxy groups -OCH3 is 1. The molecule has 136 valence electrons. The van der Waals surface area contributed by atoms with Crippen molar-refractivity contribution >= 4 is 5.91 Å². The van der Waals surface area contributed by atoms with Crippen molar-refractivity contribution in [2.45, 2.75) is 43.1 Å². The quantitative estimate of drug-likeness (QED) is 0.832. The number of ether oxygens (including phenoxy) is 1. The molecule has 0 aromatic heterocycles. The maximum absolute atomic E-state index is 13.1. The molecular weight excluding hydrogens is 336 g/mol. The summed E-state index contributed by atoms with van der Waals surface area (Å²) in [5.74, 6) is 0.929. The first-order valence-corrected chi connectivity index (χ1v) is 9.58. The van der Waals surface area contributed by atoms with Crippen molar-refractivity contribution in [3.8, 4) is 11.8 Å². The summed E-state index contributed by atoms with van der Waals surface area (Å²) in [4.78, 5) is 15.1. The molecule has 2 saturated carbocycles. The van der Waals surface area contributed by atoms with Gasteiger partial charge in [0.2, 0.25) is 0 Å². The molecule has 0 N–H and O–H groups in total. The Hall–Kier alpha value is -2.80. The van der Waals surface area contributed by atoms with Gasteiger partial charge in [-0.1, -0.05) is 24.3 Å². The molecule has 1 amide bonds. The van der Waals surface area contributed by atoms with Gasteiger partial charge in [0.05, 0.1) is 18.6 Å².